The maximum Gasteiger partial charge on any atom is 0.387 e. The van der Waals surface area contributed by atoms with E-state index in [0.29, 0.717) is 11.0 Å². The van der Waals surface area contributed by atoms with Crippen molar-refractivity contribution in [1.82, 2.24) is 9.97 Å². The molecule has 0 amide bonds. The van der Waals surface area contributed by atoms with Gasteiger partial charge in [0.15, 0.2) is 0 Å². The molecule has 2 aromatic rings. The first-order chi connectivity index (χ1) is 7.15. The Morgan fingerprint density at radius 1 is 1.27 bits per heavy atom. The lowest BCUT2D eigenvalue weighted by molar-refractivity contribution is -0.0497. The second-order valence-electron chi connectivity index (χ2n) is 3.04. The van der Waals surface area contributed by atoms with Gasteiger partial charge < -0.3 is 4.74 Å². The standard InChI is InChI=1S/C10H8F2N2O/c1-6-5-13-8-3-2-7(15-10(11)12)4-9(8)14-6/h2-5,10H,1H3. The lowest BCUT2D eigenvalue weighted by Crippen LogP contribution is -2.01. The van der Waals surface area contributed by atoms with Gasteiger partial charge >= 0.3 is 6.61 Å². The zero-order valence-electron chi connectivity index (χ0n) is 7.95. The van der Waals surface area contributed by atoms with Crippen LogP contribution in [0.4, 0.5) is 8.78 Å². The smallest absolute Gasteiger partial charge is 0.387 e. The lowest BCUT2D eigenvalue weighted by atomic mass is 10.3. The molecule has 3 nitrogen and oxygen atoms in total. The SMILES string of the molecule is Cc1cnc2ccc(OC(F)F)cc2n1. The summed E-state index contributed by atoms with van der Waals surface area (Å²) in [5, 5.41) is 0. The molecular formula is C10H8F2N2O. The normalized spacial score (nSPS) is 10.9. The number of aryl methyl sites for hydroxylation is 1. The average molecular weight is 210 g/mol. The lowest BCUT2D eigenvalue weighted by Gasteiger charge is -2.04. The first kappa shape index (κ1) is 9.76. The van der Waals surface area contributed by atoms with Gasteiger partial charge in [0, 0.05) is 12.3 Å². The minimum absolute atomic E-state index is 0.0948. The Labute approximate surface area is 84.7 Å². The van der Waals surface area contributed by atoms with Crippen LogP contribution in [0.5, 0.6) is 5.75 Å². The summed E-state index contributed by atoms with van der Waals surface area (Å²) in [7, 11) is 0. The van der Waals surface area contributed by atoms with Crippen LogP contribution < -0.4 is 4.74 Å². The number of rotatable bonds is 2. The Morgan fingerprint density at radius 3 is 2.80 bits per heavy atom. The molecule has 1 aromatic carbocycles. The molecule has 78 valence electrons. The molecule has 0 saturated heterocycles. The van der Waals surface area contributed by atoms with Crippen molar-refractivity contribution in [3.05, 3.63) is 30.1 Å². The fraction of sp³-hybridized carbons (Fsp3) is 0.200. The highest BCUT2D eigenvalue weighted by atomic mass is 19.3. The predicted octanol–water partition coefficient (Wildman–Crippen LogP) is 2.54. The molecule has 0 saturated carbocycles. The Hall–Kier alpha value is -1.78. The van der Waals surface area contributed by atoms with Crippen molar-refractivity contribution >= 4 is 11.0 Å². The summed E-state index contributed by atoms with van der Waals surface area (Å²) < 4.78 is 28.1. The highest BCUT2D eigenvalue weighted by Gasteiger charge is 2.05. The van der Waals surface area contributed by atoms with Gasteiger partial charge in [0.25, 0.3) is 0 Å². The molecule has 0 atom stereocenters. The Balaban J connectivity index is 2.45. The van der Waals surface area contributed by atoms with Crippen molar-refractivity contribution < 1.29 is 13.5 Å². The molecule has 0 bridgehead atoms. The van der Waals surface area contributed by atoms with Crippen molar-refractivity contribution in [2.24, 2.45) is 0 Å². The zero-order chi connectivity index (χ0) is 10.8. The second kappa shape index (κ2) is 3.76. The van der Waals surface area contributed by atoms with Crippen LogP contribution in [0.15, 0.2) is 24.4 Å². The molecule has 0 aliphatic carbocycles. The third-order valence-corrected chi connectivity index (χ3v) is 1.86. The Morgan fingerprint density at radius 2 is 2.07 bits per heavy atom. The van der Waals surface area contributed by atoms with Crippen LogP contribution in [-0.2, 0) is 0 Å². The summed E-state index contributed by atoms with van der Waals surface area (Å²) in [4.78, 5) is 8.25. The molecule has 0 N–H and O–H groups in total. The molecule has 0 spiro atoms. The van der Waals surface area contributed by atoms with Gasteiger partial charge in [-0.25, -0.2) is 4.98 Å². The van der Waals surface area contributed by atoms with Crippen LogP contribution >= 0.6 is 0 Å². The Kier molecular flexibility index (Phi) is 2.45. The van der Waals surface area contributed by atoms with Crippen LogP contribution in [0.25, 0.3) is 11.0 Å². The number of aromatic nitrogens is 2. The van der Waals surface area contributed by atoms with Crippen LogP contribution in [0.2, 0.25) is 0 Å². The number of fused-ring (bicyclic) bond motifs is 1. The largest absolute Gasteiger partial charge is 0.435 e. The topological polar surface area (TPSA) is 35.0 Å². The molecule has 5 heteroatoms. The first-order valence-corrected chi connectivity index (χ1v) is 4.33. The van der Waals surface area contributed by atoms with E-state index < -0.39 is 6.61 Å². The molecule has 15 heavy (non-hydrogen) atoms. The summed E-state index contributed by atoms with van der Waals surface area (Å²) in [6.07, 6.45) is 1.62. The van der Waals surface area contributed by atoms with Gasteiger partial charge in [0.2, 0.25) is 0 Å². The molecule has 0 aliphatic heterocycles. The third-order valence-electron chi connectivity index (χ3n) is 1.86. The van der Waals surface area contributed by atoms with E-state index in [1.165, 1.54) is 12.1 Å². The fourth-order valence-electron chi connectivity index (χ4n) is 1.26. The van der Waals surface area contributed by atoms with Crippen LogP contribution in [0.3, 0.4) is 0 Å². The maximum atomic E-state index is 11.9. The summed E-state index contributed by atoms with van der Waals surface area (Å²) in [6.45, 7) is -1.03. The van der Waals surface area contributed by atoms with Gasteiger partial charge in [-0.3, -0.25) is 4.98 Å². The van der Waals surface area contributed by atoms with Gasteiger partial charge in [0.1, 0.15) is 5.75 Å². The van der Waals surface area contributed by atoms with Gasteiger partial charge in [-0.1, -0.05) is 0 Å². The molecule has 0 aliphatic rings. The third kappa shape index (κ3) is 2.18. The number of hydrogen-bond donors (Lipinski definition) is 0. The van der Waals surface area contributed by atoms with Crippen molar-refractivity contribution in [3.8, 4) is 5.75 Å². The summed E-state index contributed by atoms with van der Waals surface area (Å²) >= 11 is 0. The maximum absolute atomic E-state index is 11.9. The molecule has 0 radical (unpaired) electrons. The number of ether oxygens (including phenoxy) is 1. The number of benzene rings is 1. The number of alkyl halides is 2. The number of halogens is 2. The highest BCUT2D eigenvalue weighted by Crippen LogP contribution is 2.19. The molecular weight excluding hydrogens is 202 g/mol. The van der Waals surface area contributed by atoms with E-state index in [-0.39, 0.29) is 5.75 Å². The van der Waals surface area contributed by atoms with Crippen molar-refractivity contribution in [1.29, 1.82) is 0 Å². The van der Waals surface area contributed by atoms with Crippen molar-refractivity contribution in [2.45, 2.75) is 13.5 Å². The average Bonchev–Trinajstić information content (AvgIpc) is 2.16. The van der Waals surface area contributed by atoms with E-state index in [1.807, 2.05) is 0 Å². The molecule has 1 heterocycles. The van der Waals surface area contributed by atoms with Crippen molar-refractivity contribution in [3.63, 3.8) is 0 Å². The van der Waals surface area contributed by atoms with Gasteiger partial charge in [-0.2, -0.15) is 8.78 Å². The van der Waals surface area contributed by atoms with Gasteiger partial charge in [0.05, 0.1) is 16.7 Å². The number of hydrogen-bond acceptors (Lipinski definition) is 3. The highest BCUT2D eigenvalue weighted by molar-refractivity contribution is 5.75. The predicted molar refractivity (Wildman–Crippen MR) is 50.9 cm³/mol. The van der Waals surface area contributed by atoms with Crippen LogP contribution in [0.1, 0.15) is 5.69 Å². The van der Waals surface area contributed by atoms with E-state index in [0.717, 1.165) is 5.69 Å². The molecule has 2 rings (SSSR count). The van der Waals surface area contributed by atoms with E-state index >= 15 is 0 Å². The minimum Gasteiger partial charge on any atom is -0.435 e. The van der Waals surface area contributed by atoms with Crippen LogP contribution in [0, 0.1) is 6.92 Å². The molecule has 0 fully saturated rings. The fourth-order valence-corrected chi connectivity index (χ4v) is 1.26. The number of nitrogens with zero attached hydrogens (tertiary/aromatic N) is 2. The Bertz CT molecular complexity index is 488. The van der Waals surface area contributed by atoms with Gasteiger partial charge in [-0.15, -0.1) is 0 Å². The van der Waals surface area contributed by atoms with E-state index in [1.54, 1.807) is 19.2 Å². The molecule has 1 aromatic heterocycles. The van der Waals surface area contributed by atoms with E-state index in [9.17, 15) is 8.78 Å². The summed E-state index contributed by atoms with van der Waals surface area (Å²) in [5.41, 5.74) is 1.94. The van der Waals surface area contributed by atoms with E-state index in [2.05, 4.69) is 14.7 Å². The second-order valence-corrected chi connectivity index (χ2v) is 3.04. The van der Waals surface area contributed by atoms with Gasteiger partial charge in [-0.05, 0) is 19.1 Å². The monoisotopic (exact) mass is 210 g/mol. The quantitative estimate of drug-likeness (QED) is 0.763. The summed E-state index contributed by atoms with van der Waals surface area (Å²) in [6, 6.07) is 4.49. The van der Waals surface area contributed by atoms with E-state index in [4.69, 9.17) is 0 Å². The first-order valence-electron chi connectivity index (χ1n) is 4.33. The zero-order valence-corrected chi connectivity index (χ0v) is 7.95. The van der Waals surface area contributed by atoms with Crippen molar-refractivity contribution in [2.75, 3.05) is 0 Å². The molecule has 0 unspecified atom stereocenters. The minimum atomic E-state index is -2.82. The summed E-state index contributed by atoms with van der Waals surface area (Å²) in [5.74, 6) is 0.0948. The van der Waals surface area contributed by atoms with Crippen LogP contribution in [-0.4, -0.2) is 16.6 Å².